The molecule has 416 valence electrons. The number of rotatable bonds is 50. The van der Waals surface area contributed by atoms with Crippen molar-refractivity contribution in [2.45, 2.75) is 232 Å². The van der Waals surface area contributed by atoms with Crippen LogP contribution < -0.4 is 50.5 Å². The summed E-state index contributed by atoms with van der Waals surface area (Å²) in [5.41, 5.74) is 0.0967. The van der Waals surface area contributed by atoms with Crippen LogP contribution >= 0.6 is 7.82 Å². The Bertz CT molecular complexity index is 1590. The van der Waals surface area contributed by atoms with Gasteiger partial charge in [0.15, 0.2) is 6.10 Å². The van der Waals surface area contributed by atoms with Crippen molar-refractivity contribution in [3.63, 3.8) is 0 Å². The number of alkyl carbamates (subject to hydrolysis) is 1. The normalized spacial score (nSPS) is 12.4. The average molecular weight is 1070 g/mol. The maximum Gasteiger partial charge on any atom is 1.00 e. The zero-order chi connectivity index (χ0) is 52.8. The van der Waals surface area contributed by atoms with Crippen LogP contribution in [-0.4, -0.2) is 93.4 Å². The molecule has 2 amide bonds. The number of unbranched alkanes of at least 4 members (excludes halogenated alkanes) is 28. The number of carbonyl (C=O) groups excluding carboxylic acids is 4. The number of ether oxygens (including phenoxy) is 4. The molecule has 0 saturated heterocycles. The number of esters is 2. The second-order valence-corrected chi connectivity index (χ2v) is 20.3. The summed E-state index contributed by atoms with van der Waals surface area (Å²) < 4.78 is 57.5. The van der Waals surface area contributed by atoms with Gasteiger partial charge < -0.3 is 53.6 Å². The van der Waals surface area contributed by atoms with Gasteiger partial charge in [0, 0.05) is 31.5 Å². The Morgan fingerprint density at radius 1 is 0.616 bits per heavy atom. The molecule has 0 spiro atoms. The van der Waals surface area contributed by atoms with E-state index in [1.807, 2.05) is 0 Å². The van der Waals surface area contributed by atoms with E-state index in [2.05, 4.69) is 24.5 Å². The summed E-state index contributed by atoms with van der Waals surface area (Å²) in [5, 5.41) is 23.0. The van der Waals surface area contributed by atoms with E-state index in [0.717, 1.165) is 44.6 Å². The summed E-state index contributed by atoms with van der Waals surface area (Å²) in [6.07, 6.45) is 34.2. The predicted molar refractivity (Wildman–Crippen MR) is 278 cm³/mol. The Kier molecular flexibility index (Phi) is 48.0. The molecule has 2 unspecified atom stereocenters. The molecule has 0 heterocycles. The minimum Gasteiger partial charge on any atom is -0.756 e. The summed E-state index contributed by atoms with van der Waals surface area (Å²) in [7, 11) is -6.77. The summed E-state index contributed by atoms with van der Waals surface area (Å²) in [6, 6.07) is 3.58. The number of phosphoric ester groups is 1. The fraction of sp³-hybridized carbons (Fsp3) is 0.811. The van der Waals surface area contributed by atoms with Gasteiger partial charge in [-0.2, -0.15) is 0 Å². The first kappa shape index (κ1) is 70.9. The second-order valence-electron chi connectivity index (χ2n) is 18.9. The van der Waals surface area contributed by atoms with Gasteiger partial charge in [0.05, 0.1) is 19.8 Å². The molecule has 0 aromatic heterocycles. The fourth-order valence-electron chi connectivity index (χ4n) is 7.94. The van der Waals surface area contributed by atoms with Crippen molar-refractivity contribution >= 4 is 44.3 Å². The first-order valence-corrected chi connectivity index (χ1v) is 29.2. The fourth-order valence-corrected chi connectivity index (χ4v) is 8.68. The van der Waals surface area contributed by atoms with E-state index < -0.39 is 70.6 Å². The predicted octanol–water partition coefficient (Wildman–Crippen LogP) is 7.35. The number of amides is 2. The van der Waals surface area contributed by atoms with E-state index in [1.54, 1.807) is 0 Å². The van der Waals surface area contributed by atoms with Crippen LogP contribution in [0.3, 0.4) is 0 Å². The van der Waals surface area contributed by atoms with Crippen LogP contribution in [0.25, 0.3) is 0 Å². The molecular formula is C53H94BFN2NaO14P. The molecule has 0 fully saturated rings. The van der Waals surface area contributed by atoms with Crippen molar-refractivity contribution in [3.05, 3.63) is 29.6 Å². The minimum atomic E-state index is -4.94. The molecule has 20 heteroatoms. The van der Waals surface area contributed by atoms with E-state index in [-0.39, 0.29) is 86.3 Å². The summed E-state index contributed by atoms with van der Waals surface area (Å²) in [4.78, 5) is 62.1. The van der Waals surface area contributed by atoms with E-state index in [4.69, 9.17) is 38.0 Å². The topological polar surface area (TPSA) is 228 Å². The third-order valence-electron chi connectivity index (χ3n) is 12.3. The van der Waals surface area contributed by atoms with E-state index in [9.17, 15) is 33.0 Å². The molecule has 1 aromatic rings. The molecule has 0 radical (unpaired) electrons. The van der Waals surface area contributed by atoms with Crippen LogP contribution in [0, 0.1) is 5.82 Å². The number of benzene rings is 1. The Labute approximate surface area is 460 Å². The maximum atomic E-state index is 14.1. The quantitative estimate of drug-likeness (QED) is 0.0165. The minimum absolute atomic E-state index is 0. The Hall–Kier alpha value is -2.12. The van der Waals surface area contributed by atoms with Crippen LogP contribution in [0.4, 0.5) is 9.18 Å². The molecule has 16 nitrogen and oxygen atoms in total. The zero-order valence-electron chi connectivity index (χ0n) is 45.3. The smallest absolute Gasteiger partial charge is 0.756 e. The molecule has 0 aliphatic heterocycles. The van der Waals surface area contributed by atoms with Crippen molar-refractivity contribution < 1.29 is 101 Å². The largest absolute Gasteiger partial charge is 1.00 e. The molecule has 4 N–H and O–H groups in total. The van der Waals surface area contributed by atoms with Crippen LogP contribution in [0.2, 0.25) is 0 Å². The van der Waals surface area contributed by atoms with Gasteiger partial charge in [-0.1, -0.05) is 206 Å². The van der Waals surface area contributed by atoms with Crippen LogP contribution in [0.15, 0.2) is 18.2 Å². The molecule has 0 bridgehead atoms. The zero-order valence-corrected chi connectivity index (χ0v) is 48.2. The van der Waals surface area contributed by atoms with Gasteiger partial charge in [0.1, 0.15) is 25.6 Å². The first-order valence-electron chi connectivity index (χ1n) is 27.7. The van der Waals surface area contributed by atoms with E-state index in [1.165, 1.54) is 153 Å². The molecule has 2 atom stereocenters. The molecule has 1 aromatic carbocycles. The van der Waals surface area contributed by atoms with Crippen molar-refractivity contribution in [1.82, 2.24) is 10.6 Å². The first-order chi connectivity index (χ1) is 34.9. The number of halogens is 1. The van der Waals surface area contributed by atoms with E-state index in [0.29, 0.717) is 12.8 Å². The Morgan fingerprint density at radius 3 is 1.55 bits per heavy atom. The summed E-state index contributed by atoms with van der Waals surface area (Å²) in [5.74, 6) is -2.31. The molecule has 1 rings (SSSR count). The SMILES string of the molecule is CCCCCCCCCCCCCCCCCC(=O)OCC(COP(=O)([O-])OCCNC(=O)OCCOCC(=O)NCc1ccc(B(O)O)cc1F)OC(=O)CCCCCCCCCCCCCCCCC.[Na+]. The molecule has 0 aliphatic rings. The molecule has 73 heavy (non-hydrogen) atoms. The number of hydrogen-bond acceptors (Lipinski definition) is 14. The Morgan fingerprint density at radius 2 is 1.08 bits per heavy atom. The standard InChI is InChI=1S/C53H95BFN2O14P.Na/c1-3-5-7-9-11-13-15-17-19-21-23-25-27-29-31-33-51(59)68-43-48(71-52(60)34-32-30-28-26-24-22-20-18-16-14-12-10-8-6-4-2)44-70-72(64,65)69-38-37-56-53(61)67-40-39-66-45-50(58)57-42-46-35-36-47(54(62)63)41-49(46)55;/h35-36,41,48,62-63H,3-34,37-40,42-45H2,1-2H3,(H,56,61)(H,57,58)(H,64,65);/q;+1/p-1. The van der Waals surface area contributed by atoms with Crippen molar-refractivity contribution in [3.8, 4) is 0 Å². The number of nitrogens with one attached hydrogen (secondary N) is 2. The van der Waals surface area contributed by atoms with Crippen molar-refractivity contribution in [2.24, 2.45) is 0 Å². The summed E-state index contributed by atoms with van der Waals surface area (Å²) >= 11 is 0. The van der Waals surface area contributed by atoms with Gasteiger partial charge in [0.2, 0.25) is 5.91 Å². The molecular weight excluding hydrogens is 972 g/mol. The second kappa shape index (κ2) is 49.5. The van der Waals surface area contributed by atoms with Crippen LogP contribution in [0.5, 0.6) is 0 Å². The average Bonchev–Trinajstić information content (AvgIpc) is 3.35. The van der Waals surface area contributed by atoms with Gasteiger partial charge >= 0.3 is 54.7 Å². The van der Waals surface area contributed by atoms with E-state index >= 15 is 0 Å². The summed E-state index contributed by atoms with van der Waals surface area (Å²) in [6.45, 7) is 1.72. The van der Waals surface area contributed by atoms with Crippen LogP contribution in [-0.2, 0) is 53.5 Å². The van der Waals surface area contributed by atoms with Gasteiger partial charge in [-0.3, -0.25) is 18.9 Å². The Balaban J connectivity index is 0.0000518. The van der Waals surface area contributed by atoms with Gasteiger partial charge in [-0.15, -0.1) is 0 Å². The van der Waals surface area contributed by atoms with Gasteiger partial charge in [-0.05, 0) is 24.4 Å². The van der Waals surface area contributed by atoms with Crippen molar-refractivity contribution in [2.75, 3.05) is 46.2 Å². The number of carbonyl (C=O) groups is 4. The molecule has 0 aliphatic carbocycles. The number of hydrogen-bond donors (Lipinski definition) is 4. The third kappa shape index (κ3) is 44.7. The van der Waals surface area contributed by atoms with Gasteiger partial charge in [-0.25, -0.2) is 9.18 Å². The van der Waals surface area contributed by atoms with Crippen LogP contribution in [0.1, 0.15) is 225 Å². The molecule has 0 saturated carbocycles. The monoisotopic (exact) mass is 1070 g/mol. The third-order valence-corrected chi connectivity index (χ3v) is 13.2. The van der Waals surface area contributed by atoms with Crippen molar-refractivity contribution in [1.29, 1.82) is 0 Å². The number of phosphoric acid groups is 1. The van der Waals surface area contributed by atoms with Gasteiger partial charge in [0.25, 0.3) is 7.82 Å². The maximum absolute atomic E-state index is 14.1.